The van der Waals surface area contributed by atoms with Gasteiger partial charge in [0.2, 0.25) is 0 Å². The van der Waals surface area contributed by atoms with Crippen LogP contribution in [0.25, 0.3) is 21.9 Å². The number of fused-ring (bicyclic) bond motifs is 2. The molecule has 2 aromatic carbocycles. The maximum atomic E-state index is 14.2. The second-order valence-corrected chi connectivity index (χ2v) is 12.2. The fraction of sp³-hybridized carbons (Fsp3) is 0.407. The van der Waals surface area contributed by atoms with Crippen molar-refractivity contribution in [3.05, 3.63) is 55.1 Å². The number of aliphatic hydroxyl groups is 2. The van der Waals surface area contributed by atoms with E-state index in [4.69, 9.17) is 24.3 Å². The lowest BCUT2D eigenvalue weighted by Gasteiger charge is -2.30. The van der Waals surface area contributed by atoms with Gasteiger partial charge in [0, 0.05) is 5.39 Å². The molecule has 1 aliphatic heterocycles. The number of aliphatic hydroxyl groups excluding tert-OH is 2. The molecule has 15 heteroatoms. The average molecular weight is 601 g/mol. The van der Waals surface area contributed by atoms with E-state index in [2.05, 4.69) is 20.0 Å². The Morgan fingerprint density at radius 1 is 1.17 bits per heavy atom. The molecule has 0 bridgehead atoms. The first-order valence-corrected chi connectivity index (χ1v) is 14.8. The first-order chi connectivity index (χ1) is 19.9. The summed E-state index contributed by atoms with van der Waals surface area (Å²) in [5, 5.41) is 26.1. The third-order valence-corrected chi connectivity index (χ3v) is 8.45. The van der Waals surface area contributed by atoms with Crippen LogP contribution in [0.2, 0.25) is 0 Å². The van der Waals surface area contributed by atoms with Crippen LogP contribution in [0.15, 0.2) is 55.1 Å². The van der Waals surface area contributed by atoms with E-state index in [1.165, 1.54) is 31.1 Å². The van der Waals surface area contributed by atoms with Crippen molar-refractivity contribution in [2.45, 2.75) is 63.9 Å². The summed E-state index contributed by atoms with van der Waals surface area (Å²) in [6.45, 7) is 5.83. The molecule has 6 atom stereocenters. The number of hydrogen-bond acceptors (Lipinski definition) is 12. The standard InChI is InChI=1S/C27H33N6O8P/c1-15(2)39-26(36)16(3)32-42(37,41-19-11-7-9-17-8-5-6-10-18(17)19)38-12-27(4)22(35)21(34)25(40-27)33-14-31-20-23(28)29-13-30-24(20)33/h5-11,13-16,21-22,25,34-35H,12H2,1-4H3,(H,32,37)(H2,28,29,30)/t16-,21+,22-,25+,27+,42?/m0/s1. The van der Waals surface area contributed by atoms with Gasteiger partial charge in [-0.2, -0.15) is 5.09 Å². The number of hydrogen-bond donors (Lipinski definition) is 4. The van der Waals surface area contributed by atoms with Gasteiger partial charge in [-0.25, -0.2) is 19.5 Å². The van der Waals surface area contributed by atoms with E-state index in [-0.39, 0.29) is 17.2 Å². The van der Waals surface area contributed by atoms with E-state index in [9.17, 15) is 19.6 Å². The first kappa shape index (κ1) is 29.8. The van der Waals surface area contributed by atoms with Gasteiger partial charge in [0.05, 0.1) is 19.0 Å². The molecule has 4 aromatic rings. The van der Waals surface area contributed by atoms with Gasteiger partial charge in [-0.15, -0.1) is 0 Å². The molecule has 42 heavy (non-hydrogen) atoms. The lowest BCUT2D eigenvalue weighted by Crippen LogP contribution is -2.45. The number of carbonyl (C=O) groups is 1. The van der Waals surface area contributed by atoms with Crippen molar-refractivity contribution in [1.82, 2.24) is 24.6 Å². The summed E-state index contributed by atoms with van der Waals surface area (Å²) in [4.78, 5) is 24.8. The van der Waals surface area contributed by atoms with Gasteiger partial charge in [0.15, 0.2) is 17.7 Å². The summed E-state index contributed by atoms with van der Waals surface area (Å²) in [6, 6.07) is 11.5. The molecule has 224 valence electrons. The van der Waals surface area contributed by atoms with Crippen molar-refractivity contribution in [1.29, 1.82) is 0 Å². The number of aromatic nitrogens is 4. The zero-order valence-electron chi connectivity index (χ0n) is 23.4. The normalized spacial score (nSPS) is 24.6. The number of benzene rings is 2. The summed E-state index contributed by atoms with van der Waals surface area (Å²) >= 11 is 0. The van der Waals surface area contributed by atoms with Crippen LogP contribution >= 0.6 is 7.75 Å². The largest absolute Gasteiger partial charge is 0.462 e. The maximum absolute atomic E-state index is 14.2. The molecular weight excluding hydrogens is 567 g/mol. The van der Waals surface area contributed by atoms with Gasteiger partial charge in [0.1, 0.15) is 41.4 Å². The van der Waals surface area contributed by atoms with Crippen LogP contribution in [0.3, 0.4) is 0 Å². The van der Waals surface area contributed by atoms with Crippen molar-refractivity contribution < 1.29 is 38.1 Å². The lowest BCUT2D eigenvalue weighted by atomic mass is 9.99. The molecular formula is C27H33N6O8P. The molecule has 0 aliphatic carbocycles. The Balaban J connectivity index is 1.41. The molecule has 1 saturated heterocycles. The van der Waals surface area contributed by atoms with E-state index in [1.807, 2.05) is 18.2 Å². The molecule has 0 saturated carbocycles. The van der Waals surface area contributed by atoms with Crippen LogP contribution in [0.5, 0.6) is 5.75 Å². The van der Waals surface area contributed by atoms with Gasteiger partial charge in [0.25, 0.3) is 0 Å². The van der Waals surface area contributed by atoms with Crippen molar-refractivity contribution in [3.63, 3.8) is 0 Å². The number of nitrogens with two attached hydrogens (primary N) is 1. The molecule has 0 radical (unpaired) electrons. The predicted octanol–water partition coefficient (Wildman–Crippen LogP) is 2.70. The molecule has 0 spiro atoms. The van der Waals surface area contributed by atoms with E-state index in [0.29, 0.717) is 10.9 Å². The van der Waals surface area contributed by atoms with Gasteiger partial charge in [-0.3, -0.25) is 13.9 Å². The highest BCUT2D eigenvalue weighted by atomic mass is 31.2. The van der Waals surface area contributed by atoms with Gasteiger partial charge < -0.3 is 29.9 Å². The fourth-order valence-electron chi connectivity index (χ4n) is 4.66. The number of esters is 1. The predicted molar refractivity (Wildman–Crippen MR) is 152 cm³/mol. The minimum atomic E-state index is -4.35. The molecule has 14 nitrogen and oxygen atoms in total. The number of ether oxygens (including phenoxy) is 2. The Morgan fingerprint density at radius 3 is 2.67 bits per heavy atom. The Hall–Kier alpha value is -3.65. The van der Waals surface area contributed by atoms with Crippen LogP contribution in [-0.4, -0.2) is 72.3 Å². The smallest absolute Gasteiger partial charge is 0.459 e. The highest BCUT2D eigenvalue weighted by molar-refractivity contribution is 7.52. The lowest BCUT2D eigenvalue weighted by molar-refractivity contribution is -0.149. The molecule has 0 amide bonds. The molecule has 5 rings (SSSR count). The Morgan fingerprint density at radius 2 is 1.90 bits per heavy atom. The molecule has 1 aliphatic rings. The average Bonchev–Trinajstić information content (AvgIpc) is 3.48. The third kappa shape index (κ3) is 5.82. The third-order valence-electron chi connectivity index (χ3n) is 6.84. The topological polar surface area (TPSA) is 193 Å². The number of rotatable bonds is 10. The zero-order chi connectivity index (χ0) is 30.2. The van der Waals surface area contributed by atoms with Gasteiger partial charge >= 0.3 is 13.7 Å². The minimum Gasteiger partial charge on any atom is -0.462 e. The maximum Gasteiger partial charge on any atom is 0.459 e. The number of imidazole rings is 1. The first-order valence-electron chi connectivity index (χ1n) is 13.3. The number of nitrogen functional groups attached to an aromatic ring is 1. The quantitative estimate of drug-likeness (QED) is 0.153. The summed E-state index contributed by atoms with van der Waals surface area (Å²) in [5.74, 6) is -0.283. The molecule has 1 unspecified atom stereocenters. The van der Waals surface area contributed by atoms with Crippen LogP contribution in [-0.2, 0) is 23.4 Å². The van der Waals surface area contributed by atoms with E-state index < -0.39 is 56.5 Å². The van der Waals surface area contributed by atoms with Crippen molar-refractivity contribution in [2.75, 3.05) is 12.3 Å². The summed E-state index contributed by atoms with van der Waals surface area (Å²) in [5.41, 5.74) is 4.88. The monoisotopic (exact) mass is 600 g/mol. The molecule has 1 fully saturated rings. The SMILES string of the molecule is CC(C)OC(=O)[C@H](C)NP(=O)(OC[C@@]1(C)O[C@@H](n2cnc3c(N)ncnc32)[C@H](O)[C@@H]1O)Oc1cccc2ccccc12. The Bertz CT molecular complexity index is 1640. The number of nitrogens with zero attached hydrogens (tertiary/aromatic N) is 4. The second kappa shape index (κ2) is 11.6. The van der Waals surface area contributed by atoms with Gasteiger partial charge in [-0.1, -0.05) is 36.4 Å². The Labute approximate surface area is 241 Å². The number of carbonyl (C=O) groups excluding carboxylic acids is 1. The summed E-state index contributed by atoms with van der Waals surface area (Å²) in [6.07, 6.45) is -1.87. The zero-order valence-corrected chi connectivity index (χ0v) is 24.3. The van der Waals surface area contributed by atoms with Crippen LogP contribution < -0.4 is 15.3 Å². The molecule has 2 aromatic heterocycles. The van der Waals surface area contributed by atoms with Crippen LogP contribution in [0.4, 0.5) is 5.82 Å². The number of anilines is 1. The van der Waals surface area contributed by atoms with E-state index >= 15 is 0 Å². The van der Waals surface area contributed by atoms with E-state index in [0.717, 1.165) is 5.39 Å². The highest BCUT2D eigenvalue weighted by Crippen LogP contribution is 2.49. The van der Waals surface area contributed by atoms with Crippen LogP contribution in [0.1, 0.15) is 33.9 Å². The van der Waals surface area contributed by atoms with Crippen molar-refractivity contribution >= 4 is 41.5 Å². The molecule has 3 heterocycles. The van der Waals surface area contributed by atoms with Crippen molar-refractivity contribution in [3.8, 4) is 5.75 Å². The fourth-order valence-corrected chi connectivity index (χ4v) is 6.27. The van der Waals surface area contributed by atoms with Gasteiger partial charge in [-0.05, 0) is 39.1 Å². The Kier molecular flexibility index (Phi) is 8.21. The summed E-state index contributed by atoms with van der Waals surface area (Å²) < 4.78 is 38.8. The van der Waals surface area contributed by atoms with Crippen LogP contribution in [0, 0.1) is 0 Å². The molecule has 5 N–H and O–H groups in total. The van der Waals surface area contributed by atoms with Crippen molar-refractivity contribution in [2.24, 2.45) is 0 Å². The number of nitrogens with one attached hydrogen (secondary N) is 1. The second-order valence-electron chi connectivity index (χ2n) is 10.5. The minimum absolute atomic E-state index is 0.139. The van der Waals surface area contributed by atoms with E-state index in [1.54, 1.807) is 38.1 Å². The summed E-state index contributed by atoms with van der Waals surface area (Å²) in [7, 11) is -4.35. The highest BCUT2D eigenvalue weighted by Gasteiger charge is 2.53.